The maximum Gasteiger partial charge on any atom is 0.140 e. The first kappa shape index (κ1) is 16.7. The fourth-order valence-corrected chi connectivity index (χ4v) is 3.03. The van der Waals surface area contributed by atoms with Crippen LogP contribution in [0.5, 0.6) is 5.75 Å². The highest BCUT2D eigenvalue weighted by Gasteiger charge is 2.10. The molecular formula is C19H22N2O2S. The molecule has 0 amide bonds. The molecule has 5 heteroatoms. The third-order valence-corrected chi connectivity index (χ3v) is 4.63. The number of benzene rings is 1. The van der Waals surface area contributed by atoms with Crippen LogP contribution in [-0.4, -0.2) is 4.98 Å². The molecule has 4 nitrogen and oxygen atoms in total. The van der Waals surface area contributed by atoms with E-state index < -0.39 is 0 Å². The molecule has 0 aliphatic heterocycles. The summed E-state index contributed by atoms with van der Waals surface area (Å²) in [5.41, 5.74) is 2.25. The SMILES string of the molecule is Cc1ccc(OCc2nc(CNC(C)c3ccc(C)o3)cs2)cc1. The van der Waals surface area contributed by atoms with E-state index in [0.29, 0.717) is 13.2 Å². The Morgan fingerprint density at radius 2 is 1.96 bits per heavy atom. The van der Waals surface area contributed by atoms with Crippen LogP contribution in [-0.2, 0) is 13.2 Å². The van der Waals surface area contributed by atoms with Crippen molar-refractivity contribution in [3.05, 3.63) is 69.6 Å². The molecule has 1 aromatic carbocycles. The highest BCUT2D eigenvalue weighted by Crippen LogP contribution is 2.18. The first-order chi connectivity index (χ1) is 11.6. The number of aryl methyl sites for hydroxylation is 2. The van der Waals surface area contributed by atoms with Crippen molar-refractivity contribution in [1.29, 1.82) is 0 Å². The molecule has 0 spiro atoms. The van der Waals surface area contributed by atoms with Crippen molar-refractivity contribution in [2.45, 2.75) is 40.0 Å². The van der Waals surface area contributed by atoms with Crippen molar-refractivity contribution in [1.82, 2.24) is 10.3 Å². The van der Waals surface area contributed by atoms with Gasteiger partial charge in [-0.1, -0.05) is 17.7 Å². The van der Waals surface area contributed by atoms with Crippen LogP contribution in [0.3, 0.4) is 0 Å². The van der Waals surface area contributed by atoms with Crippen LogP contribution in [0.2, 0.25) is 0 Å². The monoisotopic (exact) mass is 342 g/mol. The van der Waals surface area contributed by atoms with Gasteiger partial charge in [0, 0.05) is 11.9 Å². The molecule has 1 atom stereocenters. The molecule has 1 N–H and O–H groups in total. The minimum Gasteiger partial charge on any atom is -0.486 e. The molecule has 0 saturated heterocycles. The molecule has 0 radical (unpaired) electrons. The summed E-state index contributed by atoms with van der Waals surface area (Å²) in [6.07, 6.45) is 0. The average molecular weight is 342 g/mol. The molecule has 2 aromatic heterocycles. The van der Waals surface area contributed by atoms with Crippen molar-refractivity contribution in [3.8, 4) is 5.75 Å². The van der Waals surface area contributed by atoms with Crippen molar-refractivity contribution in [3.63, 3.8) is 0 Å². The van der Waals surface area contributed by atoms with E-state index in [0.717, 1.165) is 28.0 Å². The number of furan rings is 1. The van der Waals surface area contributed by atoms with Crippen LogP contribution in [0, 0.1) is 13.8 Å². The summed E-state index contributed by atoms with van der Waals surface area (Å²) in [6.45, 7) is 7.32. The third-order valence-electron chi connectivity index (χ3n) is 3.76. The number of rotatable bonds is 7. The quantitative estimate of drug-likeness (QED) is 0.671. The summed E-state index contributed by atoms with van der Waals surface area (Å²) < 4.78 is 11.4. The molecule has 0 aliphatic rings. The van der Waals surface area contributed by atoms with Crippen LogP contribution in [0.25, 0.3) is 0 Å². The van der Waals surface area contributed by atoms with Crippen molar-refractivity contribution < 1.29 is 9.15 Å². The Balaban J connectivity index is 1.49. The number of ether oxygens (including phenoxy) is 1. The molecule has 2 heterocycles. The fourth-order valence-electron chi connectivity index (χ4n) is 2.32. The van der Waals surface area contributed by atoms with Gasteiger partial charge in [0.05, 0.1) is 11.7 Å². The summed E-state index contributed by atoms with van der Waals surface area (Å²) in [7, 11) is 0. The molecule has 24 heavy (non-hydrogen) atoms. The van der Waals surface area contributed by atoms with Gasteiger partial charge in [0.15, 0.2) is 0 Å². The number of thiazole rings is 1. The van der Waals surface area contributed by atoms with Gasteiger partial charge >= 0.3 is 0 Å². The van der Waals surface area contributed by atoms with Crippen LogP contribution in [0.4, 0.5) is 0 Å². The second-order valence-electron chi connectivity index (χ2n) is 5.89. The summed E-state index contributed by atoms with van der Waals surface area (Å²) >= 11 is 1.62. The number of hydrogen-bond donors (Lipinski definition) is 1. The molecule has 1 unspecified atom stereocenters. The van der Waals surface area contributed by atoms with Gasteiger partial charge in [0.2, 0.25) is 0 Å². The highest BCUT2D eigenvalue weighted by atomic mass is 32.1. The Morgan fingerprint density at radius 1 is 1.17 bits per heavy atom. The smallest absolute Gasteiger partial charge is 0.140 e. The Labute approximate surface area is 146 Å². The molecule has 0 aliphatic carbocycles. The second kappa shape index (κ2) is 7.64. The summed E-state index contributed by atoms with van der Waals surface area (Å²) in [5.74, 6) is 2.76. The Hall–Kier alpha value is -2.11. The predicted octanol–water partition coefficient (Wildman–Crippen LogP) is 4.78. The third kappa shape index (κ3) is 4.46. The van der Waals surface area contributed by atoms with Gasteiger partial charge in [0.1, 0.15) is 28.9 Å². The molecule has 3 aromatic rings. The molecule has 3 rings (SSSR count). The van der Waals surface area contributed by atoms with E-state index in [1.807, 2.05) is 43.3 Å². The van der Waals surface area contributed by atoms with E-state index in [9.17, 15) is 0 Å². The normalized spacial score (nSPS) is 12.3. The highest BCUT2D eigenvalue weighted by molar-refractivity contribution is 7.09. The van der Waals surface area contributed by atoms with Crippen molar-refractivity contribution >= 4 is 11.3 Å². The van der Waals surface area contributed by atoms with Crippen molar-refractivity contribution in [2.75, 3.05) is 0 Å². The lowest BCUT2D eigenvalue weighted by Gasteiger charge is -2.09. The van der Waals surface area contributed by atoms with E-state index in [-0.39, 0.29) is 6.04 Å². The lowest BCUT2D eigenvalue weighted by atomic mass is 10.2. The van der Waals surface area contributed by atoms with Gasteiger partial charge in [-0.25, -0.2) is 4.98 Å². The number of nitrogens with zero attached hydrogens (tertiary/aromatic N) is 1. The van der Waals surface area contributed by atoms with Crippen LogP contribution in [0.15, 0.2) is 46.2 Å². The maximum absolute atomic E-state index is 5.77. The van der Waals surface area contributed by atoms with Gasteiger partial charge in [-0.3, -0.25) is 0 Å². The lowest BCUT2D eigenvalue weighted by molar-refractivity contribution is 0.305. The van der Waals surface area contributed by atoms with Crippen LogP contribution < -0.4 is 10.1 Å². The zero-order valence-electron chi connectivity index (χ0n) is 14.2. The largest absolute Gasteiger partial charge is 0.486 e. The topological polar surface area (TPSA) is 47.3 Å². The molecule has 0 fully saturated rings. The molecular weight excluding hydrogens is 320 g/mol. The Kier molecular flexibility index (Phi) is 5.33. The van der Waals surface area contributed by atoms with E-state index in [1.165, 1.54) is 5.56 Å². The van der Waals surface area contributed by atoms with Gasteiger partial charge < -0.3 is 14.5 Å². The van der Waals surface area contributed by atoms with Gasteiger partial charge in [0.25, 0.3) is 0 Å². The maximum atomic E-state index is 5.77. The predicted molar refractivity (Wildman–Crippen MR) is 96.3 cm³/mol. The summed E-state index contributed by atoms with van der Waals surface area (Å²) in [6, 6.07) is 12.2. The van der Waals surface area contributed by atoms with Gasteiger partial charge in [-0.2, -0.15) is 0 Å². The van der Waals surface area contributed by atoms with Crippen LogP contribution >= 0.6 is 11.3 Å². The zero-order valence-corrected chi connectivity index (χ0v) is 15.0. The summed E-state index contributed by atoms with van der Waals surface area (Å²) in [5, 5.41) is 6.48. The minimum atomic E-state index is 0.160. The zero-order chi connectivity index (χ0) is 16.9. The number of nitrogens with one attached hydrogen (secondary N) is 1. The van der Waals surface area contributed by atoms with Gasteiger partial charge in [-0.15, -0.1) is 11.3 Å². The number of aromatic nitrogens is 1. The fraction of sp³-hybridized carbons (Fsp3) is 0.316. The summed E-state index contributed by atoms with van der Waals surface area (Å²) in [4.78, 5) is 4.61. The van der Waals surface area contributed by atoms with Crippen molar-refractivity contribution in [2.24, 2.45) is 0 Å². The molecule has 126 valence electrons. The van der Waals surface area contributed by atoms with Crippen LogP contribution in [0.1, 0.15) is 40.8 Å². The molecule has 0 saturated carbocycles. The first-order valence-electron chi connectivity index (χ1n) is 8.02. The number of hydrogen-bond acceptors (Lipinski definition) is 5. The second-order valence-corrected chi connectivity index (χ2v) is 6.83. The first-order valence-corrected chi connectivity index (χ1v) is 8.90. The average Bonchev–Trinajstić information content (AvgIpc) is 3.21. The minimum absolute atomic E-state index is 0.160. The standard InChI is InChI=1S/C19H22N2O2S/c1-13-4-7-17(8-5-13)22-11-19-21-16(12-24-19)10-20-15(3)18-9-6-14(2)23-18/h4-9,12,15,20H,10-11H2,1-3H3. The van der Waals surface area contributed by atoms with E-state index in [1.54, 1.807) is 11.3 Å². The van der Waals surface area contributed by atoms with E-state index in [2.05, 4.69) is 29.5 Å². The molecule has 0 bridgehead atoms. The Morgan fingerprint density at radius 3 is 2.67 bits per heavy atom. The Bertz CT molecular complexity index is 777. The van der Waals surface area contributed by atoms with E-state index in [4.69, 9.17) is 9.15 Å². The van der Waals surface area contributed by atoms with E-state index >= 15 is 0 Å². The lowest BCUT2D eigenvalue weighted by Crippen LogP contribution is -2.17. The van der Waals surface area contributed by atoms with Gasteiger partial charge in [-0.05, 0) is 45.0 Å².